The standard InChI is InChI=1S/C26H23F2N5O2S/c27-17-1-3-20(4-2-17)33-9-5-16-11-21(22(28)12-23(16)33)25(34)32-14-19(15-32)30-18-6-8-31(13-18)26(35)24-29-7-10-36-24/h1-5,7,9-12,18-19,30H,6,8,13-15H2/t18-/m0/s1. The van der Waals surface area contributed by atoms with Gasteiger partial charge in [-0.2, -0.15) is 0 Å². The fraction of sp³-hybridized carbons (Fsp3) is 0.269. The molecule has 0 saturated carbocycles. The van der Waals surface area contributed by atoms with Crippen LogP contribution in [0.2, 0.25) is 0 Å². The summed E-state index contributed by atoms with van der Waals surface area (Å²) in [5.41, 5.74) is 1.36. The maximum Gasteiger partial charge on any atom is 0.282 e. The Morgan fingerprint density at radius 3 is 2.50 bits per heavy atom. The van der Waals surface area contributed by atoms with Crippen LogP contribution in [-0.2, 0) is 0 Å². The van der Waals surface area contributed by atoms with Crippen LogP contribution in [0.15, 0.2) is 60.2 Å². The summed E-state index contributed by atoms with van der Waals surface area (Å²) in [5.74, 6) is -1.31. The summed E-state index contributed by atoms with van der Waals surface area (Å²) in [7, 11) is 0. The minimum absolute atomic E-state index is 0.0406. The topological polar surface area (TPSA) is 70.5 Å². The number of carbonyl (C=O) groups excluding carboxylic acids is 2. The van der Waals surface area contributed by atoms with E-state index in [0.717, 1.165) is 11.8 Å². The SMILES string of the molecule is O=C(c1nccs1)N1CC[C@H](NC2CN(C(=O)c3cc4ccn(-c5ccc(F)cc5)c4cc3F)C2)C1. The van der Waals surface area contributed by atoms with Crippen LogP contribution in [0.3, 0.4) is 0 Å². The second kappa shape index (κ2) is 9.11. The monoisotopic (exact) mass is 507 g/mol. The lowest BCUT2D eigenvalue weighted by atomic mass is 10.0. The molecule has 1 atom stereocenters. The second-order valence-corrected chi connectivity index (χ2v) is 10.1. The van der Waals surface area contributed by atoms with E-state index in [0.29, 0.717) is 42.4 Å². The molecule has 2 aliphatic heterocycles. The van der Waals surface area contributed by atoms with Gasteiger partial charge in [-0.1, -0.05) is 0 Å². The van der Waals surface area contributed by atoms with Gasteiger partial charge in [0, 0.05) is 67.1 Å². The number of benzene rings is 2. The zero-order valence-corrected chi connectivity index (χ0v) is 20.0. The first-order valence-electron chi connectivity index (χ1n) is 11.8. The highest BCUT2D eigenvalue weighted by atomic mass is 32.1. The minimum atomic E-state index is -0.585. The third-order valence-electron chi connectivity index (χ3n) is 6.85. The van der Waals surface area contributed by atoms with Crippen molar-refractivity contribution in [2.45, 2.75) is 18.5 Å². The molecule has 0 aliphatic carbocycles. The first-order valence-corrected chi connectivity index (χ1v) is 12.6. The number of fused-ring (bicyclic) bond motifs is 1. The van der Waals surface area contributed by atoms with Crippen molar-refractivity contribution in [2.24, 2.45) is 0 Å². The molecule has 4 heterocycles. The summed E-state index contributed by atoms with van der Waals surface area (Å²) in [6, 6.07) is 11.0. The summed E-state index contributed by atoms with van der Waals surface area (Å²) in [5, 5.41) is 6.55. The van der Waals surface area contributed by atoms with Crippen molar-refractivity contribution < 1.29 is 18.4 Å². The molecule has 2 amide bonds. The summed E-state index contributed by atoms with van der Waals surface area (Å²) in [6.07, 6.45) is 4.25. The third kappa shape index (κ3) is 4.16. The van der Waals surface area contributed by atoms with Gasteiger partial charge in [-0.15, -0.1) is 11.3 Å². The molecule has 2 saturated heterocycles. The maximum atomic E-state index is 15.0. The van der Waals surface area contributed by atoms with Gasteiger partial charge in [0.2, 0.25) is 0 Å². The Bertz CT molecular complexity index is 1430. The summed E-state index contributed by atoms with van der Waals surface area (Å²) in [6.45, 7) is 2.26. The highest BCUT2D eigenvalue weighted by Crippen LogP contribution is 2.26. The normalized spacial score (nSPS) is 18.1. The van der Waals surface area contributed by atoms with Crippen LogP contribution in [0.5, 0.6) is 0 Å². The summed E-state index contributed by atoms with van der Waals surface area (Å²) < 4.78 is 30.0. The van der Waals surface area contributed by atoms with E-state index in [9.17, 15) is 14.0 Å². The van der Waals surface area contributed by atoms with Crippen LogP contribution in [0.25, 0.3) is 16.6 Å². The first-order chi connectivity index (χ1) is 17.5. The van der Waals surface area contributed by atoms with Crippen LogP contribution in [-0.4, -0.2) is 69.4 Å². The van der Waals surface area contributed by atoms with Crippen molar-refractivity contribution in [3.05, 3.63) is 82.4 Å². The van der Waals surface area contributed by atoms with Crippen LogP contribution in [0.1, 0.15) is 26.6 Å². The highest BCUT2D eigenvalue weighted by Gasteiger charge is 2.36. The quantitative estimate of drug-likeness (QED) is 0.447. The molecule has 2 aromatic heterocycles. The molecule has 6 rings (SSSR count). The van der Waals surface area contributed by atoms with E-state index < -0.39 is 5.82 Å². The molecule has 7 nitrogen and oxygen atoms in total. The Kier molecular flexibility index (Phi) is 5.77. The predicted octanol–water partition coefficient (Wildman–Crippen LogP) is 3.69. The largest absolute Gasteiger partial charge is 0.335 e. The van der Waals surface area contributed by atoms with Gasteiger partial charge in [0.15, 0.2) is 5.01 Å². The maximum absolute atomic E-state index is 15.0. The number of carbonyl (C=O) groups is 2. The van der Waals surface area contributed by atoms with Crippen molar-refractivity contribution >= 4 is 34.1 Å². The Balaban J connectivity index is 1.08. The minimum Gasteiger partial charge on any atom is -0.335 e. The first kappa shape index (κ1) is 22.8. The van der Waals surface area contributed by atoms with E-state index in [4.69, 9.17) is 0 Å². The molecule has 0 bridgehead atoms. The molecule has 0 spiro atoms. The van der Waals surface area contributed by atoms with E-state index in [-0.39, 0.29) is 35.3 Å². The third-order valence-corrected chi connectivity index (χ3v) is 7.61. The van der Waals surface area contributed by atoms with Crippen LogP contribution in [0.4, 0.5) is 8.78 Å². The fourth-order valence-corrected chi connectivity index (χ4v) is 5.55. The second-order valence-electron chi connectivity index (χ2n) is 9.20. The van der Waals surface area contributed by atoms with Gasteiger partial charge in [0.05, 0.1) is 11.1 Å². The van der Waals surface area contributed by atoms with E-state index in [1.165, 1.54) is 29.5 Å². The zero-order valence-electron chi connectivity index (χ0n) is 19.2. The molecule has 184 valence electrons. The average Bonchev–Trinajstić information content (AvgIpc) is 3.61. The smallest absolute Gasteiger partial charge is 0.282 e. The van der Waals surface area contributed by atoms with Crippen LogP contribution in [0, 0.1) is 11.6 Å². The highest BCUT2D eigenvalue weighted by molar-refractivity contribution is 7.11. The molecular weight excluding hydrogens is 484 g/mol. The molecular formula is C26H23F2N5O2S. The number of thiazole rings is 1. The summed E-state index contributed by atoms with van der Waals surface area (Å²) in [4.78, 5) is 33.0. The Morgan fingerprint density at radius 1 is 0.972 bits per heavy atom. The molecule has 0 unspecified atom stereocenters. The number of nitrogens with one attached hydrogen (secondary N) is 1. The predicted molar refractivity (Wildman–Crippen MR) is 132 cm³/mol. The molecule has 10 heteroatoms. The number of nitrogens with zero attached hydrogens (tertiary/aromatic N) is 4. The lowest BCUT2D eigenvalue weighted by Crippen LogP contribution is -2.62. The van der Waals surface area contributed by atoms with Crippen molar-refractivity contribution in [3.8, 4) is 5.69 Å². The molecule has 2 aromatic carbocycles. The van der Waals surface area contributed by atoms with Crippen molar-refractivity contribution in [2.75, 3.05) is 26.2 Å². The van der Waals surface area contributed by atoms with Gasteiger partial charge in [-0.25, -0.2) is 13.8 Å². The average molecular weight is 508 g/mol. The zero-order chi connectivity index (χ0) is 24.8. The van der Waals surface area contributed by atoms with E-state index in [1.54, 1.807) is 50.3 Å². The number of halogens is 2. The number of hydrogen-bond donors (Lipinski definition) is 1. The van der Waals surface area contributed by atoms with Crippen molar-refractivity contribution in [3.63, 3.8) is 0 Å². The van der Waals surface area contributed by atoms with E-state index in [2.05, 4.69) is 10.3 Å². The van der Waals surface area contributed by atoms with E-state index >= 15 is 4.39 Å². The van der Waals surface area contributed by atoms with Crippen LogP contribution >= 0.6 is 11.3 Å². The van der Waals surface area contributed by atoms with Crippen molar-refractivity contribution in [1.82, 2.24) is 24.7 Å². The van der Waals surface area contributed by atoms with Gasteiger partial charge >= 0.3 is 0 Å². The van der Waals surface area contributed by atoms with Gasteiger partial charge in [-0.05, 0) is 48.9 Å². The van der Waals surface area contributed by atoms with Gasteiger partial charge < -0.3 is 19.7 Å². The number of likely N-dealkylation sites (tertiary alicyclic amines) is 2. The fourth-order valence-electron chi connectivity index (χ4n) is 4.95. The Hall–Kier alpha value is -3.63. The molecule has 4 aromatic rings. The van der Waals surface area contributed by atoms with Crippen molar-refractivity contribution in [1.29, 1.82) is 0 Å². The molecule has 2 fully saturated rings. The lowest BCUT2D eigenvalue weighted by Gasteiger charge is -2.41. The lowest BCUT2D eigenvalue weighted by molar-refractivity contribution is 0.0548. The molecule has 1 N–H and O–H groups in total. The van der Waals surface area contributed by atoms with Gasteiger partial charge in [0.25, 0.3) is 11.8 Å². The van der Waals surface area contributed by atoms with Crippen LogP contribution < -0.4 is 5.32 Å². The molecule has 36 heavy (non-hydrogen) atoms. The van der Waals surface area contributed by atoms with Gasteiger partial charge in [-0.3, -0.25) is 9.59 Å². The number of aromatic nitrogens is 2. The number of rotatable bonds is 5. The van der Waals surface area contributed by atoms with E-state index in [1.807, 2.05) is 6.07 Å². The molecule has 2 aliphatic rings. The van der Waals surface area contributed by atoms with Gasteiger partial charge in [0.1, 0.15) is 11.6 Å². The number of amides is 2. The molecule has 0 radical (unpaired) electrons. The number of hydrogen-bond acceptors (Lipinski definition) is 5. The Morgan fingerprint density at radius 2 is 1.75 bits per heavy atom. The summed E-state index contributed by atoms with van der Waals surface area (Å²) >= 11 is 1.34. The Labute approximate surface area is 210 Å².